The molecule has 0 bridgehead atoms. The van der Waals surface area contributed by atoms with Gasteiger partial charge in [-0.2, -0.15) is 0 Å². The molecule has 1 heterocycles. The van der Waals surface area contributed by atoms with Gasteiger partial charge in [-0.15, -0.1) is 10.2 Å². The summed E-state index contributed by atoms with van der Waals surface area (Å²) in [6.45, 7) is 6.48. The Kier molecular flexibility index (Phi) is 5.51. The summed E-state index contributed by atoms with van der Waals surface area (Å²) in [4.78, 5) is 12.2. The van der Waals surface area contributed by atoms with Crippen molar-refractivity contribution in [3.05, 3.63) is 41.5 Å². The molecule has 1 N–H and O–H groups in total. The van der Waals surface area contributed by atoms with Crippen molar-refractivity contribution in [2.45, 2.75) is 65.3 Å². The van der Waals surface area contributed by atoms with Crippen LogP contribution in [0, 0.1) is 12.8 Å². The Morgan fingerprint density at radius 3 is 2.60 bits per heavy atom. The number of hydrogen-bond donors (Lipinski definition) is 1. The maximum absolute atomic E-state index is 12.2. The summed E-state index contributed by atoms with van der Waals surface area (Å²) < 4.78 is 2.29. The summed E-state index contributed by atoms with van der Waals surface area (Å²) >= 11 is 0. The van der Waals surface area contributed by atoms with Gasteiger partial charge in [0.05, 0.1) is 0 Å². The van der Waals surface area contributed by atoms with E-state index in [4.69, 9.17) is 0 Å². The minimum Gasteiger partial charge on any atom is -0.326 e. The average molecular weight is 340 g/mol. The number of hydrogen-bond acceptors (Lipinski definition) is 3. The lowest BCUT2D eigenvalue weighted by Gasteiger charge is -2.10. The molecule has 1 aromatic carbocycles. The summed E-state index contributed by atoms with van der Waals surface area (Å²) in [5.74, 6) is 2.73. The highest BCUT2D eigenvalue weighted by molar-refractivity contribution is 5.90. The summed E-state index contributed by atoms with van der Waals surface area (Å²) in [5, 5.41) is 11.8. The van der Waals surface area contributed by atoms with Crippen LogP contribution < -0.4 is 5.32 Å². The molecule has 0 aliphatic heterocycles. The highest BCUT2D eigenvalue weighted by atomic mass is 16.1. The van der Waals surface area contributed by atoms with Crippen LogP contribution in [0.1, 0.15) is 62.8 Å². The Labute approximate surface area is 149 Å². The van der Waals surface area contributed by atoms with Crippen molar-refractivity contribution in [2.24, 2.45) is 5.92 Å². The van der Waals surface area contributed by atoms with Gasteiger partial charge in [0.2, 0.25) is 5.91 Å². The Morgan fingerprint density at radius 1 is 1.24 bits per heavy atom. The topological polar surface area (TPSA) is 59.8 Å². The smallest absolute Gasteiger partial charge is 0.224 e. The number of nitrogens with one attached hydrogen (secondary N) is 1. The highest BCUT2D eigenvalue weighted by Gasteiger charge is 2.29. The zero-order valence-electron chi connectivity index (χ0n) is 15.5. The molecule has 3 rings (SSSR count). The minimum absolute atomic E-state index is 0.0275. The van der Waals surface area contributed by atoms with Crippen LogP contribution in [-0.4, -0.2) is 20.7 Å². The molecule has 1 saturated carbocycles. The van der Waals surface area contributed by atoms with E-state index >= 15 is 0 Å². The van der Waals surface area contributed by atoms with Crippen molar-refractivity contribution >= 4 is 11.6 Å². The summed E-state index contributed by atoms with van der Waals surface area (Å²) in [6.07, 6.45) is 5.57. The van der Waals surface area contributed by atoms with Crippen molar-refractivity contribution in [3.63, 3.8) is 0 Å². The normalized spacial score (nSPS) is 14.1. The second-order valence-electron chi connectivity index (χ2n) is 7.48. The number of aromatic nitrogens is 3. The van der Waals surface area contributed by atoms with Gasteiger partial charge in [-0.3, -0.25) is 4.79 Å². The van der Waals surface area contributed by atoms with E-state index in [1.165, 1.54) is 12.8 Å². The molecular weight excluding hydrogens is 312 g/mol. The van der Waals surface area contributed by atoms with Crippen LogP contribution in [0.15, 0.2) is 24.3 Å². The quantitative estimate of drug-likeness (QED) is 0.787. The Balaban J connectivity index is 1.60. The first-order valence-corrected chi connectivity index (χ1v) is 9.32. The van der Waals surface area contributed by atoms with E-state index in [1.54, 1.807) is 0 Å². The lowest BCUT2D eigenvalue weighted by atomic mass is 10.1. The SMILES string of the molecule is Cc1cccc(NC(=O)CCc2nnc(CCC(C)C)n2C2CC2)c1. The standard InChI is InChI=1S/C20H28N4O/c1-14(2)7-10-18-22-23-19(24(18)17-8-9-17)11-12-20(25)21-16-6-4-5-15(3)13-16/h4-6,13-14,17H,7-12H2,1-3H3,(H,21,25). The molecule has 5 nitrogen and oxygen atoms in total. The van der Waals surface area contributed by atoms with Gasteiger partial charge in [-0.1, -0.05) is 26.0 Å². The Morgan fingerprint density at radius 2 is 1.96 bits per heavy atom. The van der Waals surface area contributed by atoms with Crippen LogP contribution in [-0.2, 0) is 17.6 Å². The predicted molar refractivity (Wildman–Crippen MR) is 99.6 cm³/mol. The van der Waals surface area contributed by atoms with Crippen molar-refractivity contribution in [1.29, 1.82) is 0 Å². The Bertz CT molecular complexity index is 731. The molecule has 1 aliphatic carbocycles. The van der Waals surface area contributed by atoms with Crippen LogP contribution >= 0.6 is 0 Å². The fraction of sp³-hybridized carbons (Fsp3) is 0.550. The van der Waals surface area contributed by atoms with Crippen LogP contribution in [0.5, 0.6) is 0 Å². The molecule has 2 aromatic rings. The van der Waals surface area contributed by atoms with Crippen LogP contribution in [0.4, 0.5) is 5.69 Å². The summed E-state index contributed by atoms with van der Waals surface area (Å²) in [6, 6.07) is 8.42. The molecule has 1 aromatic heterocycles. The van der Waals surface area contributed by atoms with Gasteiger partial charge in [0.15, 0.2) is 0 Å². The first-order valence-electron chi connectivity index (χ1n) is 9.32. The second kappa shape index (κ2) is 7.81. The van der Waals surface area contributed by atoms with E-state index in [2.05, 4.69) is 33.9 Å². The molecule has 5 heteroatoms. The van der Waals surface area contributed by atoms with Gasteiger partial charge in [0, 0.05) is 31.0 Å². The summed E-state index contributed by atoms with van der Waals surface area (Å²) in [5.41, 5.74) is 1.99. The minimum atomic E-state index is 0.0275. The van der Waals surface area contributed by atoms with Crippen LogP contribution in [0.3, 0.4) is 0 Å². The van der Waals surface area contributed by atoms with Crippen molar-refractivity contribution in [3.8, 4) is 0 Å². The largest absolute Gasteiger partial charge is 0.326 e. The fourth-order valence-electron chi connectivity index (χ4n) is 3.05. The maximum Gasteiger partial charge on any atom is 0.224 e. The molecule has 1 amide bonds. The van der Waals surface area contributed by atoms with Crippen LogP contribution in [0.2, 0.25) is 0 Å². The molecule has 0 radical (unpaired) electrons. The third-order valence-corrected chi connectivity index (χ3v) is 4.57. The average Bonchev–Trinajstić information content (AvgIpc) is 3.31. The van der Waals surface area contributed by atoms with Crippen molar-refractivity contribution in [1.82, 2.24) is 14.8 Å². The molecule has 1 fully saturated rings. The van der Waals surface area contributed by atoms with Crippen molar-refractivity contribution < 1.29 is 4.79 Å². The van der Waals surface area contributed by atoms with Gasteiger partial charge >= 0.3 is 0 Å². The number of anilines is 1. The molecule has 25 heavy (non-hydrogen) atoms. The van der Waals surface area contributed by atoms with E-state index < -0.39 is 0 Å². The monoisotopic (exact) mass is 340 g/mol. The molecule has 0 atom stereocenters. The second-order valence-corrected chi connectivity index (χ2v) is 7.48. The number of benzene rings is 1. The first kappa shape index (κ1) is 17.6. The molecule has 0 saturated heterocycles. The number of aryl methyl sites for hydroxylation is 3. The molecule has 134 valence electrons. The van der Waals surface area contributed by atoms with Crippen molar-refractivity contribution in [2.75, 3.05) is 5.32 Å². The lowest BCUT2D eigenvalue weighted by Crippen LogP contribution is -2.14. The number of rotatable bonds is 8. The zero-order valence-corrected chi connectivity index (χ0v) is 15.5. The maximum atomic E-state index is 12.2. The van der Waals surface area contributed by atoms with Gasteiger partial charge in [-0.05, 0) is 49.8 Å². The third kappa shape index (κ3) is 4.91. The van der Waals surface area contributed by atoms with E-state index in [0.29, 0.717) is 24.8 Å². The third-order valence-electron chi connectivity index (χ3n) is 4.57. The summed E-state index contributed by atoms with van der Waals surface area (Å²) in [7, 11) is 0. The van der Waals surface area contributed by atoms with Gasteiger partial charge in [0.1, 0.15) is 11.6 Å². The lowest BCUT2D eigenvalue weighted by molar-refractivity contribution is -0.116. The highest BCUT2D eigenvalue weighted by Crippen LogP contribution is 2.37. The fourth-order valence-corrected chi connectivity index (χ4v) is 3.05. The van der Waals surface area contributed by atoms with E-state index in [-0.39, 0.29) is 5.91 Å². The van der Waals surface area contributed by atoms with Gasteiger partial charge in [-0.25, -0.2) is 0 Å². The van der Waals surface area contributed by atoms with Gasteiger partial charge in [0.25, 0.3) is 0 Å². The van der Waals surface area contributed by atoms with Crippen LogP contribution in [0.25, 0.3) is 0 Å². The van der Waals surface area contributed by atoms with E-state index in [9.17, 15) is 4.79 Å². The molecular formula is C20H28N4O. The molecule has 0 spiro atoms. The Hall–Kier alpha value is -2.17. The number of nitrogens with zero attached hydrogens (tertiary/aromatic N) is 3. The van der Waals surface area contributed by atoms with Gasteiger partial charge < -0.3 is 9.88 Å². The molecule has 0 unspecified atom stereocenters. The number of carbonyl (C=O) groups excluding carboxylic acids is 1. The molecule has 1 aliphatic rings. The predicted octanol–water partition coefficient (Wildman–Crippen LogP) is 4.08. The number of amides is 1. The number of carbonyl (C=O) groups is 1. The zero-order chi connectivity index (χ0) is 17.8. The first-order chi connectivity index (χ1) is 12.0. The van der Waals surface area contributed by atoms with E-state index in [1.807, 2.05) is 31.2 Å². The van der Waals surface area contributed by atoms with E-state index in [0.717, 1.165) is 35.7 Å².